The summed E-state index contributed by atoms with van der Waals surface area (Å²) in [5.74, 6) is -1.19. The minimum Gasteiger partial charge on any atom is -0.386 e. The van der Waals surface area contributed by atoms with Crippen LogP contribution in [-0.4, -0.2) is 46.1 Å². The van der Waals surface area contributed by atoms with E-state index in [2.05, 4.69) is 15.2 Å². The minimum absolute atomic E-state index is 0.213. The molecule has 0 bridgehead atoms. The summed E-state index contributed by atoms with van der Waals surface area (Å²) in [6.45, 7) is 5.24. The number of ketones is 1. The first-order valence-corrected chi connectivity index (χ1v) is 13.3. The second-order valence-electron chi connectivity index (χ2n) is 10.0. The summed E-state index contributed by atoms with van der Waals surface area (Å²) in [6.07, 6.45) is 2.60. The van der Waals surface area contributed by atoms with Crippen LogP contribution < -0.4 is 11.1 Å². The number of pyridine rings is 1. The number of nitrogens with two attached hydrogens (primary N) is 1. The SMILES string of the molecule is CC(C)(O)c1ccc(-c2cc(C(N)=O)c(Nc3cccc(CN4CCC[C@@H](C(=O)C=O)CC4)n3)s2)c(F)c1. The zero-order valence-corrected chi connectivity index (χ0v) is 22.2. The van der Waals surface area contributed by atoms with Gasteiger partial charge in [-0.1, -0.05) is 18.2 Å². The molecular weight excluding hydrogens is 507 g/mol. The first-order chi connectivity index (χ1) is 18.0. The minimum atomic E-state index is -1.18. The second kappa shape index (κ2) is 11.5. The third-order valence-corrected chi connectivity index (χ3v) is 7.80. The van der Waals surface area contributed by atoms with Crippen LogP contribution >= 0.6 is 11.3 Å². The van der Waals surface area contributed by atoms with Crippen LogP contribution in [0.2, 0.25) is 0 Å². The van der Waals surface area contributed by atoms with Crippen LogP contribution in [0.25, 0.3) is 10.4 Å². The molecule has 1 aliphatic rings. The Hall–Kier alpha value is -3.47. The van der Waals surface area contributed by atoms with Crippen LogP contribution in [0.15, 0.2) is 42.5 Å². The largest absolute Gasteiger partial charge is 0.386 e. The van der Waals surface area contributed by atoms with Gasteiger partial charge in [0.05, 0.1) is 16.9 Å². The van der Waals surface area contributed by atoms with E-state index in [1.165, 1.54) is 17.4 Å². The smallest absolute Gasteiger partial charge is 0.251 e. The number of rotatable bonds is 9. The van der Waals surface area contributed by atoms with Crippen molar-refractivity contribution in [2.45, 2.75) is 45.3 Å². The lowest BCUT2D eigenvalue weighted by molar-refractivity contribution is -0.132. The average Bonchev–Trinajstić information content (AvgIpc) is 3.14. The van der Waals surface area contributed by atoms with Crippen molar-refractivity contribution in [2.75, 3.05) is 18.4 Å². The van der Waals surface area contributed by atoms with Crippen LogP contribution in [0.3, 0.4) is 0 Å². The van der Waals surface area contributed by atoms with Crippen LogP contribution in [0.5, 0.6) is 0 Å². The highest BCUT2D eigenvalue weighted by Crippen LogP contribution is 2.38. The van der Waals surface area contributed by atoms with E-state index in [4.69, 9.17) is 5.73 Å². The summed E-state index contributed by atoms with van der Waals surface area (Å²) >= 11 is 1.19. The predicted octanol–water partition coefficient (Wildman–Crippen LogP) is 4.39. The third-order valence-electron chi connectivity index (χ3n) is 6.71. The van der Waals surface area contributed by atoms with Crippen molar-refractivity contribution in [2.24, 2.45) is 11.7 Å². The van der Waals surface area contributed by atoms with Crippen LogP contribution in [0.4, 0.5) is 15.2 Å². The van der Waals surface area contributed by atoms with Crippen LogP contribution in [0, 0.1) is 11.7 Å². The molecule has 0 aliphatic carbocycles. The van der Waals surface area contributed by atoms with E-state index in [-0.39, 0.29) is 17.3 Å². The fourth-order valence-corrected chi connectivity index (χ4v) is 5.67. The lowest BCUT2D eigenvalue weighted by Crippen LogP contribution is -2.25. The maximum Gasteiger partial charge on any atom is 0.251 e. The number of aromatic nitrogens is 1. The number of Topliss-reactive ketones (excluding diaryl/α,β-unsaturated/α-hetero) is 1. The molecule has 1 atom stereocenters. The zero-order valence-electron chi connectivity index (χ0n) is 21.4. The third kappa shape index (κ3) is 6.50. The number of primary amides is 1. The molecule has 10 heteroatoms. The van der Waals surface area contributed by atoms with Gasteiger partial charge in [0.15, 0.2) is 12.1 Å². The van der Waals surface area contributed by atoms with E-state index in [1.807, 2.05) is 12.1 Å². The Morgan fingerprint density at radius 1 is 1.24 bits per heavy atom. The Bertz CT molecular complexity index is 1350. The Morgan fingerprint density at radius 3 is 2.71 bits per heavy atom. The Labute approximate surface area is 224 Å². The van der Waals surface area contributed by atoms with Gasteiger partial charge >= 0.3 is 0 Å². The normalized spacial score (nSPS) is 16.6. The first kappa shape index (κ1) is 27.6. The highest BCUT2D eigenvalue weighted by Gasteiger charge is 2.23. The molecule has 4 N–H and O–H groups in total. The molecule has 1 aromatic carbocycles. The summed E-state index contributed by atoms with van der Waals surface area (Å²) in [6, 6.07) is 11.6. The lowest BCUT2D eigenvalue weighted by atomic mass is 9.96. The van der Waals surface area contributed by atoms with Gasteiger partial charge < -0.3 is 16.2 Å². The first-order valence-electron chi connectivity index (χ1n) is 12.5. The lowest BCUT2D eigenvalue weighted by Gasteiger charge is -2.19. The molecule has 0 saturated carbocycles. The van der Waals surface area contributed by atoms with E-state index in [9.17, 15) is 23.9 Å². The van der Waals surface area contributed by atoms with E-state index < -0.39 is 17.3 Å². The molecule has 1 fully saturated rings. The van der Waals surface area contributed by atoms with Crippen molar-refractivity contribution >= 4 is 40.1 Å². The zero-order chi connectivity index (χ0) is 27.4. The highest BCUT2D eigenvalue weighted by molar-refractivity contribution is 7.20. The molecule has 0 spiro atoms. The number of aldehydes is 1. The fraction of sp³-hybridized carbons (Fsp3) is 0.357. The van der Waals surface area contributed by atoms with Gasteiger partial charge in [-0.3, -0.25) is 19.3 Å². The van der Waals surface area contributed by atoms with Gasteiger partial charge in [-0.05, 0) is 76.0 Å². The number of benzene rings is 1. The molecular formula is C28H31FN4O4S. The van der Waals surface area contributed by atoms with Crippen LogP contribution in [0.1, 0.15) is 54.7 Å². The van der Waals surface area contributed by atoms with E-state index in [0.717, 1.165) is 18.7 Å². The van der Waals surface area contributed by atoms with Crippen LogP contribution in [-0.2, 0) is 21.7 Å². The molecule has 38 heavy (non-hydrogen) atoms. The molecule has 3 aromatic rings. The number of anilines is 2. The number of nitrogens with one attached hydrogen (secondary N) is 1. The summed E-state index contributed by atoms with van der Waals surface area (Å²) in [5.41, 5.74) is 6.21. The van der Waals surface area contributed by atoms with Crippen molar-refractivity contribution in [3.05, 3.63) is 65.1 Å². The molecule has 1 saturated heterocycles. The fourth-order valence-electron chi connectivity index (χ4n) is 4.57. The summed E-state index contributed by atoms with van der Waals surface area (Å²) in [7, 11) is 0. The number of likely N-dealkylation sites (tertiary alicyclic amines) is 1. The topological polar surface area (TPSA) is 126 Å². The molecule has 0 radical (unpaired) electrons. The number of hydrogen-bond acceptors (Lipinski definition) is 8. The van der Waals surface area contributed by atoms with Gasteiger partial charge in [0.2, 0.25) is 0 Å². The van der Waals surface area contributed by atoms with Gasteiger partial charge in [-0.25, -0.2) is 9.37 Å². The number of hydrogen-bond donors (Lipinski definition) is 3. The van der Waals surface area contributed by atoms with Gasteiger partial charge in [-0.15, -0.1) is 11.3 Å². The summed E-state index contributed by atoms with van der Waals surface area (Å²) in [5, 5.41) is 13.8. The Kier molecular flexibility index (Phi) is 8.35. The molecule has 200 valence electrons. The van der Waals surface area contributed by atoms with Crippen molar-refractivity contribution in [3.63, 3.8) is 0 Å². The number of nitrogens with zero attached hydrogens (tertiary/aromatic N) is 2. The van der Waals surface area contributed by atoms with Gasteiger partial charge in [0, 0.05) is 22.9 Å². The Balaban J connectivity index is 1.52. The van der Waals surface area contributed by atoms with E-state index >= 15 is 0 Å². The maximum absolute atomic E-state index is 14.9. The molecule has 1 aliphatic heterocycles. The van der Waals surface area contributed by atoms with Gasteiger partial charge in [0.1, 0.15) is 16.6 Å². The quantitative estimate of drug-likeness (QED) is 0.273. The van der Waals surface area contributed by atoms with Crippen molar-refractivity contribution in [1.29, 1.82) is 0 Å². The molecule has 0 unspecified atom stereocenters. The van der Waals surface area contributed by atoms with E-state index in [1.54, 1.807) is 38.1 Å². The monoisotopic (exact) mass is 538 g/mol. The second-order valence-corrected chi connectivity index (χ2v) is 11.1. The summed E-state index contributed by atoms with van der Waals surface area (Å²) in [4.78, 5) is 42.2. The number of amides is 1. The Morgan fingerprint density at radius 2 is 2.03 bits per heavy atom. The van der Waals surface area contributed by atoms with Crippen molar-refractivity contribution in [3.8, 4) is 10.4 Å². The molecule has 2 aromatic heterocycles. The molecule has 8 nitrogen and oxygen atoms in total. The van der Waals surface area contributed by atoms with E-state index in [0.29, 0.717) is 59.0 Å². The highest BCUT2D eigenvalue weighted by atomic mass is 32.1. The molecule has 3 heterocycles. The number of carbonyl (C=O) groups is 3. The predicted molar refractivity (Wildman–Crippen MR) is 145 cm³/mol. The number of halogens is 1. The van der Waals surface area contributed by atoms with Crippen molar-refractivity contribution < 1.29 is 23.9 Å². The summed E-state index contributed by atoms with van der Waals surface area (Å²) < 4.78 is 14.9. The maximum atomic E-state index is 14.9. The number of aliphatic hydroxyl groups is 1. The van der Waals surface area contributed by atoms with Gasteiger partial charge in [-0.2, -0.15) is 0 Å². The van der Waals surface area contributed by atoms with Gasteiger partial charge in [0.25, 0.3) is 5.91 Å². The number of carbonyl (C=O) groups excluding carboxylic acids is 3. The average molecular weight is 539 g/mol. The number of thiophene rings is 1. The standard InChI is InChI=1S/C28H31FN4O4S/c1-28(2,37)18-8-9-20(22(29)13-18)24-14-21(26(30)36)27(38-24)32-25-7-3-6-19(31-25)15-33-11-4-5-17(10-12-33)23(35)16-34/h3,6-9,13-14,16-17,37H,4-5,10-12,15H2,1-2H3,(H2,30,36)(H,31,32)/t17-/m1/s1. The molecule has 4 rings (SSSR count). The van der Waals surface area contributed by atoms with Crippen molar-refractivity contribution in [1.82, 2.24) is 9.88 Å². The molecule has 1 amide bonds.